The molecular weight excluding hydrogens is 369 g/mol. The zero-order chi connectivity index (χ0) is 19.4. The normalized spacial score (nSPS) is 11.8. The number of nitrogens with one attached hydrogen (secondary N) is 2. The minimum Gasteiger partial charge on any atom is -0.384 e. The Hall–Kier alpha value is -2.55. The van der Waals surface area contributed by atoms with Gasteiger partial charge in [0.2, 0.25) is 0 Å². The molecule has 0 unspecified atom stereocenters. The van der Waals surface area contributed by atoms with Gasteiger partial charge in [-0.05, 0) is 36.2 Å². The Morgan fingerprint density at radius 2 is 1.77 bits per heavy atom. The van der Waals surface area contributed by atoms with Gasteiger partial charge in [0.05, 0.1) is 10.6 Å². The first-order valence-corrected chi connectivity index (χ1v) is 9.10. The number of hydrogen-bond donors (Lipinski definition) is 2. The maximum absolute atomic E-state index is 12.8. The summed E-state index contributed by atoms with van der Waals surface area (Å²) in [5.74, 6) is -0.249. The summed E-state index contributed by atoms with van der Waals surface area (Å²) < 4.78 is 61.7. The van der Waals surface area contributed by atoms with E-state index in [1.165, 1.54) is 25.2 Å². The molecule has 2 aromatic carbocycles. The lowest BCUT2D eigenvalue weighted by Crippen LogP contribution is -2.24. The van der Waals surface area contributed by atoms with Gasteiger partial charge in [-0.15, -0.1) is 0 Å². The predicted octanol–water partition coefficient (Wildman–Crippen LogP) is 2.99. The topological polar surface area (TPSA) is 75.3 Å². The van der Waals surface area contributed by atoms with Crippen LogP contribution in [0.5, 0.6) is 0 Å². The number of hydrogen-bond acceptors (Lipinski definition) is 4. The maximum atomic E-state index is 12.8. The van der Waals surface area contributed by atoms with Crippen molar-refractivity contribution in [1.29, 1.82) is 0 Å². The molecule has 0 saturated carbocycles. The Labute approximate surface area is 149 Å². The van der Waals surface area contributed by atoms with Crippen molar-refractivity contribution >= 4 is 21.4 Å². The fourth-order valence-corrected chi connectivity index (χ4v) is 3.26. The highest BCUT2D eigenvalue weighted by Crippen LogP contribution is 2.34. The van der Waals surface area contributed by atoms with Crippen molar-refractivity contribution in [3.63, 3.8) is 0 Å². The van der Waals surface area contributed by atoms with Gasteiger partial charge in [0.15, 0.2) is 0 Å². The molecule has 0 radical (unpaired) electrons. The van der Waals surface area contributed by atoms with Gasteiger partial charge in [-0.2, -0.15) is 13.2 Å². The third-order valence-corrected chi connectivity index (χ3v) is 5.17. The van der Waals surface area contributed by atoms with Crippen molar-refractivity contribution in [1.82, 2.24) is 5.32 Å². The molecule has 9 heteroatoms. The Kier molecular flexibility index (Phi) is 5.91. The van der Waals surface area contributed by atoms with E-state index in [9.17, 15) is 26.4 Å². The largest absolute Gasteiger partial charge is 0.501 e. The molecule has 140 valence electrons. The van der Waals surface area contributed by atoms with Crippen molar-refractivity contribution in [2.75, 3.05) is 18.9 Å². The van der Waals surface area contributed by atoms with Gasteiger partial charge in [0.25, 0.3) is 15.7 Å². The summed E-state index contributed by atoms with van der Waals surface area (Å²) in [7, 11) is -3.93. The van der Waals surface area contributed by atoms with Crippen molar-refractivity contribution in [2.24, 2.45) is 0 Å². The van der Waals surface area contributed by atoms with Crippen LogP contribution >= 0.6 is 0 Å². The molecular formula is C17H17F3N2O3S. The minimum atomic E-state index is -5.44. The van der Waals surface area contributed by atoms with Crippen molar-refractivity contribution in [3.8, 4) is 0 Å². The van der Waals surface area contributed by atoms with Gasteiger partial charge in [-0.1, -0.05) is 24.3 Å². The average Bonchev–Trinajstić information content (AvgIpc) is 2.60. The molecule has 0 fully saturated rings. The van der Waals surface area contributed by atoms with Crippen LogP contribution in [0.15, 0.2) is 53.4 Å². The fraction of sp³-hybridized carbons (Fsp3) is 0.235. The summed E-state index contributed by atoms with van der Waals surface area (Å²) in [5.41, 5.74) is -4.24. The van der Waals surface area contributed by atoms with Crippen LogP contribution in [0.25, 0.3) is 0 Å². The lowest BCUT2D eigenvalue weighted by molar-refractivity contribution is -0.0435. The Balaban J connectivity index is 2.14. The van der Waals surface area contributed by atoms with Gasteiger partial charge in [0.1, 0.15) is 0 Å². The third-order valence-electron chi connectivity index (χ3n) is 3.63. The summed E-state index contributed by atoms with van der Waals surface area (Å²) >= 11 is 0. The summed E-state index contributed by atoms with van der Waals surface area (Å²) in [5, 5.41) is 5.22. The summed E-state index contributed by atoms with van der Waals surface area (Å²) in [4.78, 5) is 10.8. The van der Waals surface area contributed by atoms with Crippen LogP contribution in [0.3, 0.4) is 0 Å². The number of carbonyl (C=O) groups is 1. The molecule has 5 nitrogen and oxygen atoms in total. The number of halogens is 3. The highest BCUT2D eigenvalue weighted by molar-refractivity contribution is 7.92. The first-order chi connectivity index (χ1) is 12.2. The molecule has 2 N–H and O–H groups in total. The summed E-state index contributed by atoms with van der Waals surface area (Å²) in [6, 6.07) is 11.6. The average molecular weight is 386 g/mol. The highest BCUT2D eigenvalue weighted by Gasteiger charge is 2.47. The first kappa shape index (κ1) is 19.8. The molecule has 0 heterocycles. The molecule has 0 bridgehead atoms. The first-order valence-electron chi connectivity index (χ1n) is 7.62. The molecule has 2 aromatic rings. The second-order valence-corrected chi connectivity index (χ2v) is 7.31. The van der Waals surface area contributed by atoms with Crippen LogP contribution in [0, 0.1) is 0 Å². The molecule has 0 aliphatic rings. The monoisotopic (exact) mass is 386 g/mol. The number of benzene rings is 2. The van der Waals surface area contributed by atoms with Crippen LogP contribution in [0.2, 0.25) is 0 Å². The Morgan fingerprint density at radius 3 is 2.42 bits per heavy atom. The molecule has 0 aromatic heterocycles. The molecule has 0 aliphatic heterocycles. The highest BCUT2D eigenvalue weighted by atomic mass is 32.2. The van der Waals surface area contributed by atoms with E-state index in [4.69, 9.17) is 0 Å². The van der Waals surface area contributed by atoms with E-state index in [-0.39, 0.29) is 18.1 Å². The van der Waals surface area contributed by atoms with Crippen molar-refractivity contribution in [3.05, 3.63) is 59.7 Å². The second kappa shape index (κ2) is 7.77. The molecule has 0 spiro atoms. The van der Waals surface area contributed by atoms with Gasteiger partial charge < -0.3 is 10.6 Å². The van der Waals surface area contributed by atoms with Gasteiger partial charge in [-0.25, -0.2) is 8.42 Å². The number of alkyl halides is 3. The van der Waals surface area contributed by atoms with E-state index in [1.54, 1.807) is 24.3 Å². The zero-order valence-electron chi connectivity index (χ0n) is 13.8. The number of anilines is 1. The molecule has 2 rings (SSSR count). The number of rotatable bonds is 6. The van der Waals surface area contributed by atoms with Crippen LogP contribution in [0.1, 0.15) is 15.9 Å². The lowest BCUT2D eigenvalue weighted by Gasteiger charge is -2.14. The Bertz CT molecular complexity index is 896. The van der Waals surface area contributed by atoms with E-state index < -0.39 is 20.2 Å². The quantitative estimate of drug-likeness (QED) is 0.800. The predicted molar refractivity (Wildman–Crippen MR) is 91.7 cm³/mol. The van der Waals surface area contributed by atoms with Gasteiger partial charge in [-0.3, -0.25) is 4.79 Å². The van der Waals surface area contributed by atoms with Crippen LogP contribution in [-0.2, 0) is 16.3 Å². The van der Waals surface area contributed by atoms with Crippen LogP contribution in [-0.4, -0.2) is 33.4 Å². The summed E-state index contributed by atoms with van der Waals surface area (Å²) in [6.07, 6.45) is 0.394. The number of amides is 1. The number of para-hydroxylation sites is 1. The minimum absolute atomic E-state index is 0.118. The van der Waals surface area contributed by atoms with Crippen LogP contribution in [0.4, 0.5) is 18.9 Å². The van der Waals surface area contributed by atoms with E-state index in [0.717, 1.165) is 11.6 Å². The third kappa shape index (κ3) is 4.34. The van der Waals surface area contributed by atoms with Crippen molar-refractivity contribution in [2.45, 2.75) is 16.8 Å². The zero-order valence-corrected chi connectivity index (χ0v) is 14.6. The van der Waals surface area contributed by atoms with E-state index in [1.807, 2.05) is 0 Å². The lowest BCUT2D eigenvalue weighted by atomic mass is 10.1. The molecule has 0 saturated heterocycles. The fourth-order valence-electron chi connectivity index (χ4n) is 2.33. The van der Waals surface area contributed by atoms with E-state index in [2.05, 4.69) is 10.6 Å². The standard InChI is InChI=1S/C17H17F3N2O3S/c1-21-16(23)13-6-4-5-12(11-13)9-10-22-14-7-2-3-8-15(14)26(24,25)17(18,19)20/h2-8,11,22H,9-10H2,1H3,(H,21,23). The van der Waals surface area contributed by atoms with Crippen molar-refractivity contribution < 1.29 is 26.4 Å². The number of carbonyl (C=O) groups excluding carboxylic acids is 1. The van der Waals surface area contributed by atoms with Crippen LogP contribution < -0.4 is 10.6 Å². The Morgan fingerprint density at radius 1 is 1.08 bits per heavy atom. The summed E-state index contributed by atoms with van der Waals surface area (Å²) in [6.45, 7) is 0.196. The number of sulfone groups is 1. The molecule has 0 atom stereocenters. The molecule has 26 heavy (non-hydrogen) atoms. The van der Waals surface area contributed by atoms with Gasteiger partial charge in [0, 0.05) is 19.2 Å². The molecule has 1 amide bonds. The van der Waals surface area contributed by atoms with E-state index >= 15 is 0 Å². The second-order valence-electron chi connectivity index (χ2n) is 5.40. The van der Waals surface area contributed by atoms with E-state index in [0.29, 0.717) is 12.0 Å². The molecule has 0 aliphatic carbocycles. The van der Waals surface area contributed by atoms with Gasteiger partial charge >= 0.3 is 5.51 Å². The SMILES string of the molecule is CNC(=O)c1cccc(CCNc2ccccc2S(=O)(=O)C(F)(F)F)c1. The smallest absolute Gasteiger partial charge is 0.384 e. The maximum Gasteiger partial charge on any atom is 0.501 e.